The molecule has 2 rings (SSSR count). The third kappa shape index (κ3) is 8.21. The number of hydrogen-bond acceptors (Lipinski definition) is 6. The van der Waals surface area contributed by atoms with Crippen LogP contribution in [0.5, 0.6) is 0 Å². The summed E-state index contributed by atoms with van der Waals surface area (Å²) >= 11 is 0. The van der Waals surface area contributed by atoms with Gasteiger partial charge in [-0.15, -0.1) is 24.0 Å². The summed E-state index contributed by atoms with van der Waals surface area (Å²) in [6.07, 6.45) is 5.65. The van der Waals surface area contributed by atoms with Gasteiger partial charge in [-0.2, -0.15) is 5.10 Å². The first-order valence-corrected chi connectivity index (χ1v) is 10.7. The molecule has 1 unspecified atom stereocenters. The van der Waals surface area contributed by atoms with Crippen molar-refractivity contribution in [2.75, 3.05) is 44.6 Å². The van der Waals surface area contributed by atoms with Crippen molar-refractivity contribution in [3.63, 3.8) is 0 Å². The Labute approximate surface area is 197 Å². The molecule has 0 spiro atoms. The van der Waals surface area contributed by atoms with Gasteiger partial charge >= 0.3 is 0 Å². The number of halogens is 1. The average molecular weight is 531 g/mol. The molecule has 0 aromatic carbocycles. The lowest BCUT2D eigenvalue weighted by atomic mass is 10.2. The van der Waals surface area contributed by atoms with E-state index in [1.807, 2.05) is 7.05 Å². The van der Waals surface area contributed by atoms with E-state index in [9.17, 15) is 0 Å². The summed E-state index contributed by atoms with van der Waals surface area (Å²) in [5.74, 6) is 1.65. The number of aryl methyl sites for hydroxylation is 1. The molecule has 30 heavy (non-hydrogen) atoms. The lowest BCUT2D eigenvalue weighted by molar-refractivity contribution is 0.292. The van der Waals surface area contributed by atoms with Crippen LogP contribution >= 0.6 is 24.0 Å². The third-order valence-corrected chi connectivity index (χ3v) is 4.94. The highest BCUT2D eigenvalue weighted by Gasteiger charge is 2.08. The minimum atomic E-state index is 0. The van der Waals surface area contributed by atoms with E-state index in [1.165, 1.54) is 6.42 Å². The van der Waals surface area contributed by atoms with Crippen LogP contribution < -0.4 is 16.0 Å². The molecule has 10 heteroatoms. The summed E-state index contributed by atoms with van der Waals surface area (Å²) in [6.45, 7) is 14.3. The lowest BCUT2D eigenvalue weighted by Crippen LogP contribution is -2.42. The molecule has 0 aliphatic rings. The predicted octanol–water partition coefficient (Wildman–Crippen LogP) is 2.46. The summed E-state index contributed by atoms with van der Waals surface area (Å²) in [5.41, 5.74) is 0.819. The second kappa shape index (κ2) is 14.3. The van der Waals surface area contributed by atoms with Gasteiger partial charge in [0.15, 0.2) is 11.6 Å². The van der Waals surface area contributed by atoms with E-state index < -0.39 is 0 Å². The summed E-state index contributed by atoms with van der Waals surface area (Å²) < 4.78 is 1.75. The number of guanidine groups is 1. The second-order valence-electron chi connectivity index (χ2n) is 7.13. The molecule has 2 heterocycles. The van der Waals surface area contributed by atoms with Gasteiger partial charge in [0, 0.05) is 26.2 Å². The van der Waals surface area contributed by atoms with E-state index in [0.717, 1.165) is 55.4 Å². The van der Waals surface area contributed by atoms with E-state index in [1.54, 1.807) is 17.2 Å². The van der Waals surface area contributed by atoms with E-state index in [-0.39, 0.29) is 24.0 Å². The quantitative estimate of drug-likeness (QED) is 0.168. The van der Waals surface area contributed by atoms with E-state index in [4.69, 9.17) is 0 Å². The van der Waals surface area contributed by atoms with Gasteiger partial charge in [-0.1, -0.05) is 13.8 Å². The van der Waals surface area contributed by atoms with Crippen molar-refractivity contribution in [2.45, 2.75) is 46.6 Å². The molecule has 0 saturated carbocycles. The Morgan fingerprint density at radius 2 is 2.00 bits per heavy atom. The number of rotatable bonds is 12. The van der Waals surface area contributed by atoms with E-state index in [2.05, 4.69) is 68.6 Å². The van der Waals surface area contributed by atoms with Crippen LogP contribution in [0, 0.1) is 0 Å². The number of fused-ring (bicyclic) bond motifs is 1. The molecule has 2 aromatic heterocycles. The van der Waals surface area contributed by atoms with Crippen LogP contribution in [0.25, 0.3) is 11.0 Å². The summed E-state index contributed by atoms with van der Waals surface area (Å²) in [7, 11) is 1.88. The fourth-order valence-electron chi connectivity index (χ4n) is 3.23. The topological polar surface area (TPSA) is 95.3 Å². The van der Waals surface area contributed by atoms with Gasteiger partial charge in [-0.3, -0.25) is 9.67 Å². The van der Waals surface area contributed by atoms with Crippen LogP contribution in [0.4, 0.5) is 5.82 Å². The fourth-order valence-corrected chi connectivity index (χ4v) is 3.23. The van der Waals surface area contributed by atoms with Gasteiger partial charge in [-0.05, 0) is 46.3 Å². The number of hydrogen-bond donors (Lipinski definition) is 3. The Hall–Kier alpha value is -1.69. The van der Waals surface area contributed by atoms with Gasteiger partial charge in [0.2, 0.25) is 0 Å². The molecule has 0 fully saturated rings. The minimum Gasteiger partial charge on any atom is -0.367 e. The molecule has 0 radical (unpaired) electrons. The molecule has 3 N–H and O–H groups in total. The highest BCUT2D eigenvalue weighted by Crippen LogP contribution is 2.17. The summed E-state index contributed by atoms with van der Waals surface area (Å²) in [4.78, 5) is 15.7. The Morgan fingerprint density at radius 1 is 1.23 bits per heavy atom. The molecular weight excluding hydrogens is 493 g/mol. The highest BCUT2D eigenvalue weighted by atomic mass is 127. The fraction of sp³-hybridized carbons (Fsp3) is 0.700. The van der Waals surface area contributed by atoms with Gasteiger partial charge in [0.1, 0.15) is 12.1 Å². The highest BCUT2D eigenvalue weighted by molar-refractivity contribution is 14.0. The lowest BCUT2D eigenvalue weighted by Gasteiger charge is -2.21. The SMILES string of the molecule is CCNC(=NCCNc1ncnc2c1cnn2C)NC(C)CCCN(CC)CC.I. The van der Waals surface area contributed by atoms with Gasteiger partial charge in [-0.25, -0.2) is 9.97 Å². The largest absolute Gasteiger partial charge is 0.367 e. The first-order chi connectivity index (χ1) is 14.1. The molecule has 1 atom stereocenters. The van der Waals surface area contributed by atoms with Crippen molar-refractivity contribution < 1.29 is 0 Å². The smallest absolute Gasteiger partial charge is 0.191 e. The van der Waals surface area contributed by atoms with Gasteiger partial charge in [0.25, 0.3) is 0 Å². The standard InChI is InChI=1S/C20H37N9.HI/c1-6-21-20(27-16(4)10-9-13-29(7-2)8-3)23-12-11-22-18-17-14-26-28(5)19(17)25-15-24-18;/h14-16H,6-13H2,1-5H3,(H2,21,23,27)(H,22,24,25);1H. The minimum absolute atomic E-state index is 0. The van der Waals surface area contributed by atoms with Crippen LogP contribution in [0.15, 0.2) is 17.5 Å². The molecular formula is C20H38IN9. The van der Waals surface area contributed by atoms with Crippen molar-refractivity contribution >= 4 is 46.8 Å². The van der Waals surface area contributed by atoms with Crippen LogP contribution in [-0.2, 0) is 7.05 Å². The number of nitrogens with zero attached hydrogens (tertiary/aromatic N) is 6. The van der Waals surface area contributed by atoms with Crippen molar-refractivity contribution in [1.82, 2.24) is 35.3 Å². The second-order valence-corrected chi connectivity index (χ2v) is 7.13. The maximum atomic E-state index is 4.69. The van der Waals surface area contributed by atoms with Crippen molar-refractivity contribution in [3.05, 3.63) is 12.5 Å². The van der Waals surface area contributed by atoms with Gasteiger partial charge < -0.3 is 20.9 Å². The van der Waals surface area contributed by atoms with E-state index in [0.29, 0.717) is 19.1 Å². The molecule has 0 amide bonds. The van der Waals surface area contributed by atoms with Crippen LogP contribution in [0.2, 0.25) is 0 Å². The Morgan fingerprint density at radius 3 is 2.70 bits per heavy atom. The van der Waals surface area contributed by atoms with E-state index >= 15 is 0 Å². The molecule has 9 nitrogen and oxygen atoms in total. The normalized spacial score (nSPS) is 12.7. The summed E-state index contributed by atoms with van der Waals surface area (Å²) in [5, 5.41) is 15.3. The third-order valence-electron chi connectivity index (χ3n) is 4.94. The predicted molar refractivity (Wildman–Crippen MR) is 136 cm³/mol. The van der Waals surface area contributed by atoms with Crippen LogP contribution in [-0.4, -0.2) is 75.9 Å². The van der Waals surface area contributed by atoms with Crippen molar-refractivity contribution in [3.8, 4) is 0 Å². The number of aromatic nitrogens is 4. The molecule has 0 bridgehead atoms. The van der Waals surface area contributed by atoms with Gasteiger partial charge in [0.05, 0.1) is 18.1 Å². The first-order valence-electron chi connectivity index (χ1n) is 10.7. The Bertz CT molecular complexity index is 758. The maximum absolute atomic E-state index is 4.69. The van der Waals surface area contributed by atoms with Crippen LogP contribution in [0.1, 0.15) is 40.5 Å². The molecule has 0 aliphatic heterocycles. The summed E-state index contributed by atoms with van der Waals surface area (Å²) in [6, 6.07) is 0.383. The zero-order valence-corrected chi connectivity index (χ0v) is 21.3. The molecule has 0 saturated heterocycles. The molecule has 2 aromatic rings. The van der Waals surface area contributed by atoms with Crippen molar-refractivity contribution in [2.24, 2.45) is 12.0 Å². The first kappa shape index (κ1) is 26.3. The van der Waals surface area contributed by atoms with Crippen LogP contribution in [0.3, 0.4) is 0 Å². The number of nitrogens with one attached hydrogen (secondary N) is 3. The number of aliphatic imine (C=N–C) groups is 1. The Kier molecular flexibility index (Phi) is 12.6. The Balaban J connectivity index is 0.00000450. The monoisotopic (exact) mass is 531 g/mol. The van der Waals surface area contributed by atoms with Crippen molar-refractivity contribution in [1.29, 1.82) is 0 Å². The zero-order chi connectivity index (χ0) is 21.1. The molecule has 0 aliphatic carbocycles. The maximum Gasteiger partial charge on any atom is 0.191 e. The zero-order valence-electron chi connectivity index (χ0n) is 19.0. The average Bonchev–Trinajstić information content (AvgIpc) is 3.10. The number of anilines is 1. The molecule has 170 valence electrons.